The topological polar surface area (TPSA) is 21.3 Å². The van der Waals surface area contributed by atoms with Crippen LogP contribution in [0.1, 0.15) is 25.0 Å². The van der Waals surface area contributed by atoms with E-state index in [1.54, 1.807) is 0 Å². The molecule has 1 heterocycles. The summed E-state index contributed by atoms with van der Waals surface area (Å²) in [7, 11) is 0. The van der Waals surface area contributed by atoms with Crippen molar-refractivity contribution in [1.82, 2.24) is 5.32 Å². The fourth-order valence-corrected chi connectivity index (χ4v) is 2.43. The fourth-order valence-electron chi connectivity index (χ4n) is 2.06. The van der Waals surface area contributed by atoms with Crippen LogP contribution >= 0.6 is 23.2 Å². The molecule has 0 saturated carbocycles. The third-order valence-electron chi connectivity index (χ3n) is 3.20. The van der Waals surface area contributed by atoms with Gasteiger partial charge in [-0.3, -0.25) is 0 Å². The minimum Gasteiger partial charge on any atom is -0.493 e. The van der Waals surface area contributed by atoms with Crippen LogP contribution in [0.15, 0.2) is 12.1 Å². The van der Waals surface area contributed by atoms with Gasteiger partial charge in [0.2, 0.25) is 0 Å². The molecule has 2 nitrogen and oxygen atoms in total. The van der Waals surface area contributed by atoms with Crippen LogP contribution in [-0.4, -0.2) is 18.5 Å². The van der Waals surface area contributed by atoms with Crippen molar-refractivity contribution in [3.63, 3.8) is 0 Å². The number of ether oxygens (including phenoxy) is 1. The highest BCUT2D eigenvalue weighted by molar-refractivity contribution is 6.30. The highest BCUT2D eigenvalue weighted by atomic mass is 35.5. The van der Waals surface area contributed by atoms with Gasteiger partial charge < -0.3 is 10.1 Å². The Morgan fingerprint density at radius 3 is 2.89 bits per heavy atom. The first kappa shape index (κ1) is 14.0. The molecule has 0 radical (unpaired) electrons. The van der Waals surface area contributed by atoms with Gasteiger partial charge in [0.05, 0.1) is 6.61 Å². The van der Waals surface area contributed by atoms with Gasteiger partial charge in [0, 0.05) is 35.5 Å². The maximum absolute atomic E-state index is 6.21. The summed E-state index contributed by atoms with van der Waals surface area (Å²) in [6.45, 7) is 6.55. The van der Waals surface area contributed by atoms with Crippen molar-refractivity contribution in [1.29, 1.82) is 0 Å². The van der Waals surface area contributed by atoms with E-state index in [0.717, 1.165) is 42.5 Å². The molecule has 0 fully saturated rings. The highest BCUT2D eigenvalue weighted by Crippen LogP contribution is 2.32. The van der Waals surface area contributed by atoms with E-state index in [9.17, 15) is 0 Å². The molecule has 2 rings (SSSR count). The second-order valence-corrected chi connectivity index (χ2v) is 6.04. The van der Waals surface area contributed by atoms with Crippen LogP contribution in [0.4, 0.5) is 0 Å². The lowest BCUT2D eigenvalue weighted by atomic mass is 10.1. The third-order valence-corrected chi connectivity index (χ3v) is 4.08. The molecular formula is C14H19Cl2NO. The molecule has 18 heavy (non-hydrogen) atoms. The summed E-state index contributed by atoms with van der Waals surface area (Å²) in [4.78, 5) is 0. The van der Waals surface area contributed by atoms with E-state index < -0.39 is 0 Å². The average molecular weight is 288 g/mol. The minimum atomic E-state index is 0.151. The van der Waals surface area contributed by atoms with Gasteiger partial charge in [-0.15, -0.1) is 11.6 Å². The molecule has 1 N–H and O–H groups in total. The van der Waals surface area contributed by atoms with Crippen molar-refractivity contribution >= 4 is 23.2 Å². The molecule has 0 bridgehead atoms. The van der Waals surface area contributed by atoms with Crippen molar-refractivity contribution < 1.29 is 4.74 Å². The van der Waals surface area contributed by atoms with Gasteiger partial charge in [-0.05, 0) is 23.6 Å². The zero-order chi connectivity index (χ0) is 13.1. The van der Waals surface area contributed by atoms with Crippen LogP contribution in [-0.2, 0) is 13.0 Å². The quantitative estimate of drug-likeness (QED) is 0.835. The number of fused-ring (bicyclic) bond motifs is 1. The second-order valence-electron chi connectivity index (χ2n) is 5.04. The van der Waals surface area contributed by atoms with Crippen LogP contribution < -0.4 is 10.1 Å². The third kappa shape index (κ3) is 3.31. The Morgan fingerprint density at radius 2 is 2.17 bits per heavy atom. The van der Waals surface area contributed by atoms with E-state index in [1.165, 1.54) is 5.56 Å². The lowest BCUT2D eigenvalue weighted by Crippen LogP contribution is -2.26. The zero-order valence-corrected chi connectivity index (χ0v) is 12.3. The van der Waals surface area contributed by atoms with Gasteiger partial charge in [0.1, 0.15) is 5.75 Å². The summed E-state index contributed by atoms with van der Waals surface area (Å²) in [6, 6.07) is 3.96. The SMILES string of the molecule is CC(C)C(Cl)CNCc1cc(Cl)cc2c1OCC2. The Kier molecular flexibility index (Phi) is 4.77. The summed E-state index contributed by atoms with van der Waals surface area (Å²) < 4.78 is 5.66. The summed E-state index contributed by atoms with van der Waals surface area (Å²) in [5, 5.41) is 4.30. The van der Waals surface area contributed by atoms with E-state index in [4.69, 9.17) is 27.9 Å². The Balaban J connectivity index is 1.98. The van der Waals surface area contributed by atoms with Gasteiger partial charge in [-0.25, -0.2) is 0 Å². The molecule has 1 aromatic rings. The zero-order valence-electron chi connectivity index (χ0n) is 10.8. The smallest absolute Gasteiger partial charge is 0.127 e. The van der Waals surface area contributed by atoms with Crippen molar-refractivity contribution in [3.8, 4) is 5.75 Å². The molecule has 0 amide bonds. The van der Waals surface area contributed by atoms with E-state index in [0.29, 0.717) is 5.92 Å². The minimum absolute atomic E-state index is 0.151. The summed E-state index contributed by atoms with van der Waals surface area (Å²) in [5.74, 6) is 1.48. The number of hydrogen-bond acceptors (Lipinski definition) is 2. The highest BCUT2D eigenvalue weighted by Gasteiger charge is 2.17. The van der Waals surface area contributed by atoms with Crippen LogP contribution in [0.3, 0.4) is 0 Å². The molecule has 1 aliphatic rings. The first-order valence-electron chi connectivity index (χ1n) is 6.37. The Hall–Kier alpha value is -0.440. The van der Waals surface area contributed by atoms with Gasteiger partial charge in [-0.2, -0.15) is 0 Å². The van der Waals surface area contributed by atoms with Gasteiger partial charge in [0.25, 0.3) is 0 Å². The van der Waals surface area contributed by atoms with E-state index in [2.05, 4.69) is 19.2 Å². The second kappa shape index (κ2) is 6.14. The van der Waals surface area contributed by atoms with Crippen molar-refractivity contribution in [2.24, 2.45) is 5.92 Å². The predicted molar refractivity (Wildman–Crippen MR) is 76.8 cm³/mol. The monoisotopic (exact) mass is 287 g/mol. The Morgan fingerprint density at radius 1 is 1.39 bits per heavy atom. The van der Waals surface area contributed by atoms with Crippen molar-refractivity contribution in [3.05, 3.63) is 28.3 Å². The molecule has 0 saturated heterocycles. The molecule has 1 aromatic carbocycles. The molecule has 1 unspecified atom stereocenters. The van der Waals surface area contributed by atoms with Crippen LogP contribution in [0, 0.1) is 5.92 Å². The molecule has 1 atom stereocenters. The number of rotatable bonds is 5. The number of halogens is 2. The van der Waals surface area contributed by atoms with Gasteiger partial charge in [0.15, 0.2) is 0 Å². The largest absolute Gasteiger partial charge is 0.493 e. The van der Waals surface area contributed by atoms with E-state index in [-0.39, 0.29) is 5.38 Å². The standard InChI is InChI=1S/C14H19Cl2NO/c1-9(2)13(16)8-17-7-11-6-12(15)5-10-3-4-18-14(10)11/h5-6,9,13,17H,3-4,7-8H2,1-2H3. The Labute approximate surface area is 119 Å². The summed E-state index contributed by atoms with van der Waals surface area (Å²) in [6.07, 6.45) is 0.951. The Bertz CT molecular complexity index is 421. The molecule has 0 aliphatic carbocycles. The summed E-state index contributed by atoms with van der Waals surface area (Å²) >= 11 is 12.3. The fraction of sp³-hybridized carbons (Fsp3) is 0.571. The lowest BCUT2D eigenvalue weighted by molar-refractivity contribution is 0.352. The first-order valence-corrected chi connectivity index (χ1v) is 7.18. The molecule has 4 heteroatoms. The van der Waals surface area contributed by atoms with E-state index >= 15 is 0 Å². The van der Waals surface area contributed by atoms with Crippen LogP contribution in [0.25, 0.3) is 0 Å². The van der Waals surface area contributed by atoms with Crippen molar-refractivity contribution in [2.75, 3.05) is 13.2 Å². The van der Waals surface area contributed by atoms with E-state index in [1.807, 2.05) is 12.1 Å². The van der Waals surface area contributed by atoms with Gasteiger partial charge >= 0.3 is 0 Å². The predicted octanol–water partition coefficient (Wildman–Crippen LogP) is 3.63. The molecule has 0 spiro atoms. The first-order chi connectivity index (χ1) is 8.58. The molecule has 0 aromatic heterocycles. The number of hydrogen-bond donors (Lipinski definition) is 1. The lowest BCUT2D eigenvalue weighted by Gasteiger charge is -2.15. The normalized spacial score (nSPS) is 15.6. The molecule has 1 aliphatic heterocycles. The maximum Gasteiger partial charge on any atom is 0.127 e. The van der Waals surface area contributed by atoms with Crippen molar-refractivity contribution in [2.45, 2.75) is 32.2 Å². The maximum atomic E-state index is 6.21. The summed E-state index contributed by atoms with van der Waals surface area (Å²) in [5.41, 5.74) is 2.34. The number of alkyl halides is 1. The number of benzene rings is 1. The number of nitrogens with one attached hydrogen (secondary N) is 1. The molecular weight excluding hydrogens is 269 g/mol. The van der Waals surface area contributed by atoms with Crippen LogP contribution in [0.2, 0.25) is 5.02 Å². The van der Waals surface area contributed by atoms with Gasteiger partial charge in [-0.1, -0.05) is 25.4 Å². The average Bonchev–Trinajstić information content (AvgIpc) is 2.76. The van der Waals surface area contributed by atoms with Crippen LogP contribution in [0.5, 0.6) is 5.75 Å². The molecule has 100 valence electrons.